The lowest BCUT2D eigenvalue weighted by Gasteiger charge is -2.22. The van der Waals surface area contributed by atoms with Crippen LogP contribution in [0, 0.1) is 11.3 Å². The van der Waals surface area contributed by atoms with Gasteiger partial charge in [-0.2, -0.15) is 0 Å². The summed E-state index contributed by atoms with van der Waals surface area (Å²) in [6, 6.07) is 0. The van der Waals surface area contributed by atoms with Gasteiger partial charge in [-0.3, -0.25) is 4.79 Å². The molecule has 2 aliphatic rings. The van der Waals surface area contributed by atoms with Crippen molar-refractivity contribution in [1.82, 2.24) is 4.90 Å². The van der Waals surface area contributed by atoms with Crippen LogP contribution in [0.4, 0.5) is 0 Å². The SMILES string of the molecule is CN(CCOCC1CC1)C(=O)C1(C(N)=S)CC1. The minimum absolute atomic E-state index is 0.0556. The van der Waals surface area contributed by atoms with Gasteiger partial charge in [-0.05, 0) is 31.6 Å². The Labute approximate surface area is 107 Å². The van der Waals surface area contributed by atoms with Crippen LogP contribution in [0.1, 0.15) is 25.7 Å². The maximum atomic E-state index is 12.1. The van der Waals surface area contributed by atoms with Gasteiger partial charge >= 0.3 is 0 Å². The lowest BCUT2D eigenvalue weighted by Crippen LogP contribution is -2.42. The summed E-state index contributed by atoms with van der Waals surface area (Å²) in [7, 11) is 1.79. The van der Waals surface area contributed by atoms with Crippen molar-refractivity contribution in [3.05, 3.63) is 0 Å². The van der Waals surface area contributed by atoms with Crippen molar-refractivity contribution in [2.75, 3.05) is 26.8 Å². The Balaban J connectivity index is 1.69. The zero-order chi connectivity index (χ0) is 12.5. The van der Waals surface area contributed by atoms with Gasteiger partial charge in [0.05, 0.1) is 17.0 Å². The van der Waals surface area contributed by atoms with Crippen LogP contribution in [-0.2, 0) is 9.53 Å². The van der Waals surface area contributed by atoms with Gasteiger partial charge in [0, 0.05) is 20.2 Å². The topological polar surface area (TPSA) is 55.6 Å². The zero-order valence-corrected chi connectivity index (χ0v) is 11.1. The lowest BCUT2D eigenvalue weighted by molar-refractivity contribution is -0.133. The van der Waals surface area contributed by atoms with Crippen LogP contribution < -0.4 is 5.73 Å². The van der Waals surface area contributed by atoms with Crippen molar-refractivity contribution in [2.45, 2.75) is 25.7 Å². The predicted molar refractivity (Wildman–Crippen MR) is 69.6 cm³/mol. The van der Waals surface area contributed by atoms with Crippen LogP contribution in [0.3, 0.4) is 0 Å². The zero-order valence-electron chi connectivity index (χ0n) is 10.3. The summed E-state index contributed by atoms with van der Waals surface area (Å²) in [5.41, 5.74) is 5.10. The first-order valence-electron chi connectivity index (χ1n) is 6.19. The van der Waals surface area contributed by atoms with Gasteiger partial charge in [-0.25, -0.2) is 0 Å². The smallest absolute Gasteiger partial charge is 0.235 e. The molecule has 2 rings (SSSR count). The molecule has 0 atom stereocenters. The summed E-state index contributed by atoms with van der Waals surface area (Å²) >= 11 is 4.97. The van der Waals surface area contributed by atoms with E-state index in [0.717, 1.165) is 25.4 Å². The highest BCUT2D eigenvalue weighted by atomic mass is 32.1. The Kier molecular flexibility index (Phi) is 3.68. The lowest BCUT2D eigenvalue weighted by atomic mass is 10.1. The number of ether oxygens (including phenoxy) is 1. The molecule has 0 bridgehead atoms. The molecule has 2 aliphatic carbocycles. The Hall–Kier alpha value is -0.680. The molecule has 0 saturated heterocycles. The van der Waals surface area contributed by atoms with E-state index in [1.165, 1.54) is 12.8 Å². The summed E-state index contributed by atoms with van der Waals surface area (Å²) in [5.74, 6) is 0.822. The molecule has 5 heteroatoms. The van der Waals surface area contributed by atoms with E-state index >= 15 is 0 Å². The fraction of sp³-hybridized carbons (Fsp3) is 0.833. The minimum atomic E-state index is -0.527. The molecule has 0 aromatic carbocycles. The number of amides is 1. The van der Waals surface area contributed by atoms with Gasteiger partial charge in [0.25, 0.3) is 0 Å². The molecule has 0 aromatic heterocycles. The second-order valence-electron chi connectivity index (χ2n) is 5.19. The van der Waals surface area contributed by atoms with E-state index in [2.05, 4.69) is 0 Å². The van der Waals surface area contributed by atoms with E-state index in [4.69, 9.17) is 22.7 Å². The normalized spacial score (nSPS) is 21.0. The fourth-order valence-electron chi connectivity index (χ4n) is 1.89. The molecular weight excluding hydrogens is 236 g/mol. The molecule has 2 saturated carbocycles. The first-order valence-corrected chi connectivity index (χ1v) is 6.60. The Morgan fingerprint density at radius 1 is 1.53 bits per heavy atom. The van der Waals surface area contributed by atoms with Gasteiger partial charge in [0.15, 0.2) is 0 Å². The molecule has 96 valence electrons. The maximum absolute atomic E-state index is 12.1. The van der Waals surface area contributed by atoms with E-state index < -0.39 is 5.41 Å². The summed E-state index contributed by atoms with van der Waals surface area (Å²) in [6.07, 6.45) is 4.18. The van der Waals surface area contributed by atoms with Crippen molar-refractivity contribution in [2.24, 2.45) is 17.1 Å². The van der Waals surface area contributed by atoms with Crippen LogP contribution in [0.2, 0.25) is 0 Å². The molecule has 2 fully saturated rings. The summed E-state index contributed by atoms with van der Waals surface area (Å²) in [4.78, 5) is 14.1. The largest absolute Gasteiger partial charge is 0.392 e. The molecule has 0 heterocycles. The second-order valence-corrected chi connectivity index (χ2v) is 5.63. The second kappa shape index (κ2) is 4.90. The number of carbonyl (C=O) groups excluding carboxylic acids is 1. The first-order chi connectivity index (χ1) is 8.06. The van der Waals surface area contributed by atoms with Crippen molar-refractivity contribution in [1.29, 1.82) is 0 Å². The van der Waals surface area contributed by atoms with Gasteiger partial charge in [-0.1, -0.05) is 12.2 Å². The number of hydrogen-bond donors (Lipinski definition) is 1. The minimum Gasteiger partial charge on any atom is -0.392 e. The molecule has 2 N–H and O–H groups in total. The van der Waals surface area contributed by atoms with Crippen LogP contribution in [0.15, 0.2) is 0 Å². The van der Waals surface area contributed by atoms with Gasteiger partial charge < -0.3 is 15.4 Å². The Bertz CT molecular complexity index is 324. The molecule has 17 heavy (non-hydrogen) atoms. The highest BCUT2D eigenvalue weighted by molar-refractivity contribution is 7.80. The molecule has 0 spiro atoms. The summed E-state index contributed by atoms with van der Waals surface area (Å²) in [6.45, 7) is 2.06. The third-order valence-electron chi connectivity index (χ3n) is 3.60. The van der Waals surface area contributed by atoms with E-state index in [1.54, 1.807) is 11.9 Å². The highest BCUT2D eigenvalue weighted by Crippen LogP contribution is 2.47. The van der Waals surface area contributed by atoms with E-state index in [9.17, 15) is 4.79 Å². The van der Waals surface area contributed by atoms with Crippen LogP contribution in [-0.4, -0.2) is 42.6 Å². The highest BCUT2D eigenvalue weighted by Gasteiger charge is 2.53. The van der Waals surface area contributed by atoms with Gasteiger partial charge in [0.2, 0.25) is 5.91 Å². The molecule has 4 nitrogen and oxygen atoms in total. The van der Waals surface area contributed by atoms with E-state index in [0.29, 0.717) is 18.1 Å². The maximum Gasteiger partial charge on any atom is 0.235 e. The van der Waals surface area contributed by atoms with Crippen molar-refractivity contribution >= 4 is 23.1 Å². The Morgan fingerprint density at radius 3 is 2.65 bits per heavy atom. The third-order valence-corrected chi connectivity index (χ3v) is 3.99. The third kappa shape index (κ3) is 2.96. The standard InChI is InChI=1S/C12H20N2O2S/c1-14(6-7-16-8-9-2-3-9)11(15)12(4-5-12)10(13)17/h9H,2-8H2,1H3,(H2,13,17). The fourth-order valence-corrected chi connectivity index (χ4v) is 2.18. The van der Waals surface area contributed by atoms with Crippen molar-refractivity contribution in [3.8, 4) is 0 Å². The van der Waals surface area contributed by atoms with Crippen LogP contribution >= 0.6 is 12.2 Å². The molecular formula is C12H20N2O2S. The summed E-state index contributed by atoms with van der Waals surface area (Å²) in [5, 5.41) is 0. The molecule has 0 aliphatic heterocycles. The average molecular weight is 256 g/mol. The monoisotopic (exact) mass is 256 g/mol. The first kappa shape index (κ1) is 12.8. The summed E-state index contributed by atoms with van der Waals surface area (Å²) < 4.78 is 5.51. The van der Waals surface area contributed by atoms with Crippen molar-refractivity contribution in [3.63, 3.8) is 0 Å². The van der Waals surface area contributed by atoms with Crippen LogP contribution in [0.25, 0.3) is 0 Å². The van der Waals surface area contributed by atoms with E-state index in [1.807, 2.05) is 0 Å². The van der Waals surface area contributed by atoms with E-state index in [-0.39, 0.29) is 5.91 Å². The number of nitrogens with zero attached hydrogens (tertiary/aromatic N) is 1. The molecule has 0 radical (unpaired) electrons. The molecule has 0 aromatic rings. The quantitative estimate of drug-likeness (QED) is 0.544. The van der Waals surface area contributed by atoms with Crippen LogP contribution in [0.5, 0.6) is 0 Å². The van der Waals surface area contributed by atoms with Gasteiger partial charge in [0.1, 0.15) is 0 Å². The number of rotatable bonds is 7. The number of hydrogen-bond acceptors (Lipinski definition) is 3. The van der Waals surface area contributed by atoms with Gasteiger partial charge in [-0.15, -0.1) is 0 Å². The number of nitrogens with two attached hydrogens (primary N) is 1. The number of likely N-dealkylation sites (N-methyl/N-ethyl adjacent to an activating group) is 1. The predicted octanol–water partition coefficient (Wildman–Crippen LogP) is 0.938. The number of carbonyl (C=O) groups is 1. The van der Waals surface area contributed by atoms with Crippen molar-refractivity contribution < 1.29 is 9.53 Å². The molecule has 0 unspecified atom stereocenters. The number of thiocarbonyl (C=S) groups is 1. The Morgan fingerprint density at radius 2 is 2.18 bits per heavy atom. The molecule has 1 amide bonds. The average Bonchev–Trinajstić information content (AvgIpc) is 3.16.